The van der Waals surface area contributed by atoms with Gasteiger partial charge in [0.2, 0.25) is 0 Å². The van der Waals surface area contributed by atoms with Crippen molar-refractivity contribution in [3.05, 3.63) is 36.3 Å². The number of hydrogen-bond donors (Lipinski definition) is 1. The van der Waals surface area contributed by atoms with Gasteiger partial charge in [-0.1, -0.05) is 6.07 Å². The zero-order chi connectivity index (χ0) is 15.1. The molecule has 0 atom stereocenters. The Labute approximate surface area is 123 Å². The standard InChI is InChI=1S/C16H19N3O2/c1-15(2,3)21-14(20)19-16(7-8-16)13-5-4-11-6-9-17-10-12(11)18-13/h4-6,9-10H,7-8H2,1-3H3,(H,19,20). The molecule has 5 heteroatoms. The third-order valence-corrected chi connectivity index (χ3v) is 3.47. The van der Waals surface area contributed by atoms with Crippen LogP contribution in [0.15, 0.2) is 30.6 Å². The number of aromatic nitrogens is 2. The van der Waals surface area contributed by atoms with Crippen LogP contribution in [0.25, 0.3) is 10.9 Å². The Kier molecular flexibility index (Phi) is 3.08. The van der Waals surface area contributed by atoms with Gasteiger partial charge in [-0.15, -0.1) is 0 Å². The van der Waals surface area contributed by atoms with E-state index in [-0.39, 0.29) is 5.54 Å². The Morgan fingerprint density at radius 3 is 2.71 bits per heavy atom. The first kappa shape index (κ1) is 13.8. The van der Waals surface area contributed by atoms with E-state index in [4.69, 9.17) is 4.74 Å². The minimum absolute atomic E-state index is 0.383. The number of ether oxygens (including phenoxy) is 1. The third-order valence-electron chi connectivity index (χ3n) is 3.47. The van der Waals surface area contributed by atoms with E-state index in [1.165, 1.54) is 0 Å². The molecule has 2 aromatic heterocycles. The van der Waals surface area contributed by atoms with E-state index in [0.717, 1.165) is 29.4 Å². The number of hydrogen-bond acceptors (Lipinski definition) is 4. The van der Waals surface area contributed by atoms with Crippen LogP contribution in [-0.4, -0.2) is 21.7 Å². The van der Waals surface area contributed by atoms with Gasteiger partial charge in [-0.05, 0) is 45.7 Å². The molecule has 3 rings (SSSR count). The summed E-state index contributed by atoms with van der Waals surface area (Å²) < 4.78 is 5.33. The summed E-state index contributed by atoms with van der Waals surface area (Å²) in [6.07, 6.45) is 4.85. The monoisotopic (exact) mass is 285 g/mol. The second-order valence-corrected chi connectivity index (χ2v) is 6.47. The van der Waals surface area contributed by atoms with Crippen LogP contribution in [0.5, 0.6) is 0 Å². The lowest BCUT2D eigenvalue weighted by molar-refractivity contribution is 0.0494. The Hall–Kier alpha value is -2.17. The zero-order valence-electron chi connectivity index (χ0n) is 12.5. The number of amides is 1. The Bertz CT molecular complexity index is 687. The van der Waals surface area contributed by atoms with Crippen LogP contribution in [0.4, 0.5) is 4.79 Å². The Balaban J connectivity index is 1.82. The van der Waals surface area contributed by atoms with Crippen molar-refractivity contribution in [3.63, 3.8) is 0 Å². The number of carbonyl (C=O) groups is 1. The maximum absolute atomic E-state index is 12.0. The van der Waals surface area contributed by atoms with Crippen LogP contribution < -0.4 is 5.32 Å². The highest BCUT2D eigenvalue weighted by Gasteiger charge is 2.48. The molecule has 1 aliphatic rings. The molecule has 0 bridgehead atoms. The number of pyridine rings is 2. The smallest absolute Gasteiger partial charge is 0.408 e. The average molecular weight is 285 g/mol. The number of carbonyl (C=O) groups excluding carboxylic acids is 1. The Morgan fingerprint density at radius 1 is 1.29 bits per heavy atom. The fraction of sp³-hybridized carbons (Fsp3) is 0.438. The number of alkyl carbamates (subject to hydrolysis) is 1. The summed E-state index contributed by atoms with van der Waals surface area (Å²) in [4.78, 5) is 20.7. The lowest BCUT2D eigenvalue weighted by Crippen LogP contribution is -2.39. The molecule has 0 aliphatic heterocycles. The van der Waals surface area contributed by atoms with Crippen LogP contribution in [0.3, 0.4) is 0 Å². The van der Waals surface area contributed by atoms with Crippen molar-refractivity contribution < 1.29 is 9.53 Å². The summed E-state index contributed by atoms with van der Waals surface area (Å²) in [6, 6.07) is 5.90. The molecule has 110 valence electrons. The normalized spacial score (nSPS) is 16.5. The highest BCUT2D eigenvalue weighted by Crippen LogP contribution is 2.45. The van der Waals surface area contributed by atoms with Crippen molar-refractivity contribution in [2.24, 2.45) is 0 Å². The van der Waals surface area contributed by atoms with Crippen molar-refractivity contribution in [3.8, 4) is 0 Å². The van der Waals surface area contributed by atoms with Gasteiger partial charge in [0.1, 0.15) is 5.60 Å². The van der Waals surface area contributed by atoms with E-state index in [9.17, 15) is 4.79 Å². The lowest BCUT2D eigenvalue weighted by Gasteiger charge is -2.23. The molecule has 2 aromatic rings. The van der Waals surface area contributed by atoms with E-state index in [0.29, 0.717) is 0 Å². The number of nitrogens with one attached hydrogen (secondary N) is 1. The first-order valence-corrected chi connectivity index (χ1v) is 7.10. The summed E-state index contributed by atoms with van der Waals surface area (Å²) in [6.45, 7) is 5.56. The Morgan fingerprint density at radius 2 is 2.05 bits per heavy atom. The molecule has 1 amide bonds. The predicted molar refractivity (Wildman–Crippen MR) is 79.8 cm³/mol. The van der Waals surface area contributed by atoms with Gasteiger partial charge in [-0.25, -0.2) is 9.78 Å². The van der Waals surface area contributed by atoms with Gasteiger partial charge in [0.25, 0.3) is 0 Å². The first-order chi connectivity index (χ1) is 9.88. The van der Waals surface area contributed by atoms with Gasteiger partial charge < -0.3 is 10.1 Å². The minimum atomic E-state index is -0.499. The second kappa shape index (κ2) is 4.69. The first-order valence-electron chi connectivity index (χ1n) is 7.10. The molecule has 1 saturated carbocycles. The van der Waals surface area contributed by atoms with Crippen molar-refractivity contribution in [1.29, 1.82) is 0 Å². The van der Waals surface area contributed by atoms with Gasteiger partial charge >= 0.3 is 6.09 Å². The third kappa shape index (κ3) is 2.96. The molecular formula is C16H19N3O2. The van der Waals surface area contributed by atoms with E-state index < -0.39 is 11.7 Å². The summed E-state index contributed by atoms with van der Waals surface area (Å²) in [5.74, 6) is 0. The summed E-state index contributed by atoms with van der Waals surface area (Å²) >= 11 is 0. The molecule has 0 unspecified atom stereocenters. The van der Waals surface area contributed by atoms with Gasteiger partial charge in [0.15, 0.2) is 0 Å². The zero-order valence-corrected chi connectivity index (χ0v) is 12.5. The highest BCUT2D eigenvalue weighted by molar-refractivity contribution is 5.78. The fourth-order valence-electron chi connectivity index (χ4n) is 2.30. The summed E-state index contributed by atoms with van der Waals surface area (Å²) in [5, 5.41) is 4.00. The molecule has 1 fully saturated rings. The van der Waals surface area contributed by atoms with Crippen LogP contribution in [0, 0.1) is 0 Å². The van der Waals surface area contributed by atoms with Gasteiger partial charge in [0.05, 0.1) is 22.9 Å². The largest absolute Gasteiger partial charge is 0.444 e. The van der Waals surface area contributed by atoms with E-state index >= 15 is 0 Å². The predicted octanol–water partition coefficient (Wildman–Crippen LogP) is 3.14. The topological polar surface area (TPSA) is 64.1 Å². The molecule has 0 aromatic carbocycles. The molecule has 0 radical (unpaired) electrons. The lowest BCUT2D eigenvalue weighted by atomic mass is 10.1. The number of rotatable bonds is 2. The van der Waals surface area contributed by atoms with Crippen LogP contribution in [0.1, 0.15) is 39.3 Å². The van der Waals surface area contributed by atoms with Crippen molar-refractivity contribution >= 4 is 17.0 Å². The maximum atomic E-state index is 12.0. The minimum Gasteiger partial charge on any atom is -0.444 e. The van der Waals surface area contributed by atoms with Crippen LogP contribution >= 0.6 is 0 Å². The summed E-state index contributed by atoms with van der Waals surface area (Å²) in [5.41, 5.74) is 0.828. The van der Waals surface area contributed by atoms with Crippen molar-refractivity contribution in [2.75, 3.05) is 0 Å². The number of fused-ring (bicyclic) bond motifs is 1. The van der Waals surface area contributed by atoms with Crippen LogP contribution in [0.2, 0.25) is 0 Å². The fourth-order valence-corrected chi connectivity index (χ4v) is 2.30. The molecule has 0 saturated heterocycles. The highest BCUT2D eigenvalue weighted by atomic mass is 16.6. The second-order valence-electron chi connectivity index (χ2n) is 6.47. The molecule has 1 N–H and O–H groups in total. The van der Waals surface area contributed by atoms with Gasteiger partial charge in [-0.3, -0.25) is 4.98 Å². The average Bonchev–Trinajstić information content (AvgIpc) is 3.16. The van der Waals surface area contributed by atoms with Gasteiger partial charge in [0, 0.05) is 11.6 Å². The van der Waals surface area contributed by atoms with Gasteiger partial charge in [-0.2, -0.15) is 0 Å². The van der Waals surface area contributed by atoms with E-state index in [1.807, 2.05) is 39.0 Å². The summed E-state index contributed by atoms with van der Waals surface area (Å²) in [7, 11) is 0. The quantitative estimate of drug-likeness (QED) is 0.920. The maximum Gasteiger partial charge on any atom is 0.408 e. The van der Waals surface area contributed by atoms with Crippen molar-refractivity contribution in [2.45, 2.75) is 44.8 Å². The molecule has 1 aliphatic carbocycles. The van der Waals surface area contributed by atoms with Crippen molar-refractivity contribution in [1.82, 2.24) is 15.3 Å². The van der Waals surface area contributed by atoms with Crippen LogP contribution in [-0.2, 0) is 10.3 Å². The molecule has 2 heterocycles. The molecule has 0 spiro atoms. The molecule has 5 nitrogen and oxygen atoms in total. The number of nitrogens with zero attached hydrogens (tertiary/aromatic N) is 2. The van der Waals surface area contributed by atoms with E-state index in [1.54, 1.807) is 12.4 Å². The molecular weight excluding hydrogens is 266 g/mol. The molecule has 21 heavy (non-hydrogen) atoms. The van der Waals surface area contributed by atoms with E-state index in [2.05, 4.69) is 15.3 Å². The SMILES string of the molecule is CC(C)(C)OC(=O)NC1(c2ccc3ccncc3n2)CC1.